The molecule has 156 valence electrons. The summed E-state index contributed by atoms with van der Waals surface area (Å²) in [4.78, 5) is 40.6. The second-order valence-corrected chi connectivity index (χ2v) is 10.3. The molecule has 6 atom stereocenters. The maximum atomic E-state index is 12.6. The molecule has 9 heteroatoms. The van der Waals surface area contributed by atoms with Gasteiger partial charge in [0.15, 0.2) is 6.04 Å². The number of quaternary nitrogens is 1. The highest BCUT2D eigenvalue weighted by Gasteiger charge is 2.60. The van der Waals surface area contributed by atoms with Gasteiger partial charge in [-0.2, -0.15) is 0 Å². The smallest absolute Gasteiger partial charge is 0.353 e. The van der Waals surface area contributed by atoms with Gasteiger partial charge in [-0.25, -0.2) is 4.79 Å². The van der Waals surface area contributed by atoms with Crippen molar-refractivity contribution >= 4 is 29.5 Å². The van der Waals surface area contributed by atoms with Crippen molar-refractivity contribution in [2.75, 3.05) is 34.7 Å². The van der Waals surface area contributed by atoms with E-state index in [0.717, 1.165) is 6.54 Å². The Morgan fingerprint density at radius 1 is 1.32 bits per heavy atom. The van der Waals surface area contributed by atoms with Crippen LogP contribution in [0.1, 0.15) is 20.3 Å². The molecule has 0 aliphatic carbocycles. The van der Waals surface area contributed by atoms with Crippen molar-refractivity contribution in [2.24, 2.45) is 11.8 Å². The number of aliphatic hydroxyl groups excluding tert-OH is 1. The molecule has 0 saturated carbocycles. The average molecular weight is 413 g/mol. The fraction of sp³-hybridized carbons (Fsp3) is 0.737. The van der Waals surface area contributed by atoms with Crippen molar-refractivity contribution < 1.29 is 29.1 Å². The molecule has 0 aromatic heterocycles. The van der Waals surface area contributed by atoms with Crippen molar-refractivity contribution in [3.8, 4) is 0 Å². The number of hydrogen-bond acceptors (Lipinski definition) is 5. The lowest BCUT2D eigenvalue weighted by Crippen LogP contribution is -2.63. The summed E-state index contributed by atoms with van der Waals surface area (Å²) in [6.07, 6.45) is -0.143. The average Bonchev–Trinajstić information content (AvgIpc) is 2.99. The first-order valence-corrected chi connectivity index (χ1v) is 10.5. The number of carbonyl (C=O) groups is 3. The zero-order valence-corrected chi connectivity index (χ0v) is 18.1. The Morgan fingerprint density at radius 3 is 2.43 bits per heavy atom. The minimum absolute atomic E-state index is 0.0529. The molecule has 3 aliphatic rings. The maximum absolute atomic E-state index is 12.6. The fourth-order valence-corrected chi connectivity index (χ4v) is 6.65. The minimum atomic E-state index is -1.11. The van der Waals surface area contributed by atoms with Gasteiger partial charge in [0.2, 0.25) is 5.91 Å². The molecule has 0 radical (unpaired) electrons. The van der Waals surface area contributed by atoms with E-state index in [0.29, 0.717) is 15.8 Å². The number of fused-ring (bicyclic) bond motifs is 1. The van der Waals surface area contributed by atoms with Crippen LogP contribution in [-0.4, -0.2) is 100 Å². The summed E-state index contributed by atoms with van der Waals surface area (Å²) in [5, 5.41) is 19.8. The van der Waals surface area contributed by atoms with E-state index >= 15 is 0 Å². The summed E-state index contributed by atoms with van der Waals surface area (Å²) < 4.78 is 0.557. The van der Waals surface area contributed by atoms with Gasteiger partial charge < -0.3 is 24.5 Å². The van der Waals surface area contributed by atoms with E-state index in [1.54, 1.807) is 25.9 Å². The van der Waals surface area contributed by atoms with Gasteiger partial charge in [0.25, 0.3) is 5.91 Å². The van der Waals surface area contributed by atoms with E-state index in [1.807, 2.05) is 21.0 Å². The topological polar surface area (TPSA) is 98.1 Å². The predicted octanol–water partition coefficient (Wildman–Crippen LogP) is 0.179. The largest absolute Gasteiger partial charge is 0.477 e. The van der Waals surface area contributed by atoms with Crippen LogP contribution < -0.4 is 0 Å². The normalized spacial score (nSPS) is 34.9. The molecule has 3 heterocycles. The van der Waals surface area contributed by atoms with Gasteiger partial charge in [-0.05, 0) is 6.92 Å². The van der Waals surface area contributed by atoms with Gasteiger partial charge in [0, 0.05) is 31.3 Å². The molecular weight excluding hydrogens is 382 g/mol. The van der Waals surface area contributed by atoms with Crippen molar-refractivity contribution in [3.63, 3.8) is 0 Å². The van der Waals surface area contributed by atoms with E-state index in [4.69, 9.17) is 0 Å². The van der Waals surface area contributed by atoms with Crippen molar-refractivity contribution in [2.45, 2.75) is 43.7 Å². The second-order valence-electron chi connectivity index (χ2n) is 8.96. The van der Waals surface area contributed by atoms with E-state index < -0.39 is 18.0 Å². The summed E-state index contributed by atoms with van der Waals surface area (Å²) in [7, 11) is 7.55. The van der Waals surface area contributed by atoms with Crippen LogP contribution in [0.2, 0.25) is 0 Å². The van der Waals surface area contributed by atoms with Gasteiger partial charge in [0.05, 0.1) is 44.0 Å². The number of thioether (sulfide) groups is 1. The number of aliphatic hydroxyl groups is 1. The van der Waals surface area contributed by atoms with E-state index in [2.05, 4.69) is 0 Å². The molecule has 2 amide bonds. The Labute approximate surface area is 169 Å². The van der Waals surface area contributed by atoms with Gasteiger partial charge in [-0.1, -0.05) is 6.92 Å². The standard InChI is InChI=1S/C19H29N3O5S/c1-9-14-13(10(2)23)18(25)21(14)15(19(26)27)16(9)28-11-7-12(17(24)20(3)4)22(5,6)8-11/h9-14,23H,7-8H2,1-6H3/p+1/t9?,10?,11?,12?,13?,14-/m0/s1. The van der Waals surface area contributed by atoms with E-state index in [9.17, 15) is 24.6 Å². The van der Waals surface area contributed by atoms with Gasteiger partial charge in [-0.3, -0.25) is 9.59 Å². The molecule has 3 rings (SSSR count). The predicted molar refractivity (Wildman–Crippen MR) is 105 cm³/mol. The van der Waals surface area contributed by atoms with Crippen molar-refractivity contribution in [3.05, 3.63) is 10.6 Å². The first-order valence-electron chi connectivity index (χ1n) is 9.57. The molecule has 0 spiro atoms. The van der Waals surface area contributed by atoms with Crippen LogP contribution in [0.25, 0.3) is 0 Å². The fourth-order valence-electron chi connectivity index (χ4n) is 4.90. The third kappa shape index (κ3) is 3.13. The Morgan fingerprint density at radius 2 is 1.93 bits per heavy atom. The summed E-state index contributed by atoms with van der Waals surface area (Å²) in [5.41, 5.74) is 0.0529. The lowest BCUT2D eigenvalue weighted by molar-refractivity contribution is -0.893. The first kappa shape index (κ1) is 21.1. The molecule has 2 saturated heterocycles. The number of aliphatic carboxylic acids is 1. The molecule has 0 bridgehead atoms. The van der Waals surface area contributed by atoms with E-state index in [1.165, 1.54) is 16.7 Å². The highest BCUT2D eigenvalue weighted by atomic mass is 32.2. The number of carbonyl (C=O) groups excluding carboxylic acids is 2. The quantitative estimate of drug-likeness (QED) is 0.494. The zero-order chi connectivity index (χ0) is 21.1. The zero-order valence-electron chi connectivity index (χ0n) is 17.2. The number of β-lactam (4-membered cyclic amide) rings is 1. The van der Waals surface area contributed by atoms with Gasteiger partial charge >= 0.3 is 5.97 Å². The van der Waals surface area contributed by atoms with Crippen LogP contribution in [0.15, 0.2) is 10.6 Å². The Hall–Kier alpha value is -1.58. The number of likely N-dealkylation sites (N-methyl/N-ethyl adjacent to an activating group) is 2. The summed E-state index contributed by atoms with van der Waals surface area (Å²) in [6, 6.07) is -0.467. The number of nitrogens with zero attached hydrogens (tertiary/aromatic N) is 3. The number of amides is 2. The molecule has 2 N–H and O–H groups in total. The van der Waals surface area contributed by atoms with Crippen LogP contribution in [0.3, 0.4) is 0 Å². The third-order valence-electron chi connectivity index (χ3n) is 6.33. The number of carboxylic acids is 1. The lowest BCUT2D eigenvalue weighted by Gasteiger charge is -2.46. The molecule has 0 aromatic rings. The second kappa shape index (κ2) is 7.03. The van der Waals surface area contributed by atoms with Crippen LogP contribution in [0.4, 0.5) is 0 Å². The SMILES string of the molecule is CC(O)C1C(=O)N2C(C(=O)O)=C(SC3CC(C(=O)N(C)C)[N+](C)(C)C3)C(C)[C@@H]12. The van der Waals surface area contributed by atoms with E-state index in [-0.39, 0.29) is 40.8 Å². The molecule has 8 nitrogen and oxygen atoms in total. The Balaban J connectivity index is 1.85. The molecule has 5 unspecified atom stereocenters. The number of hydrogen-bond donors (Lipinski definition) is 2. The number of rotatable bonds is 5. The third-order valence-corrected chi connectivity index (χ3v) is 7.83. The summed E-state index contributed by atoms with van der Waals surface area (Å²) in [5.74, 6) is -2.05. The molecule has 2 fully saturated rings. The van der Waals surface area contributed by atoms with Gasteiger partial charge in [0.1, 0.15) is 5.70 Å². The van der Waals surface area contributed by atoms with Crippen molar-refractivity contribution in [1.82, 2.24) is 9.80 Å². The maximum Gasteiger partial charge on any atom is 0.353 e. The van der Waals surface area contributed by atoms with Gasteiger partial charge in [-0.15, -0.1) is 11.8 Å². The molecule has 3 aliphatic heterocycles. The highest BCUT2D eigenvalue weighted by molar-refractivity contribution is 8.03. The van der Waals surface area contributed by atoms with Crippen LogP contribution in [-0.2, 0) is 14.4 Å². The van der Waals surface area contributed by atoms with Crippen LogP contribution in [0, 0.1) is 11.8 Å². The highest BCUT2D eigenvalue weighted by Crippen LogP contribution is 2.52. The lowest BCUT2D eigenvalue weighted by atomic mass is 9.79. The Kier molecular flexibility index (Phi) is 5.31. The Bertz CT molecular complexity index is 748. The van der Waals surface area contributed by atoms with Crippen LogP contribution in [0.5, 0.6) is 0 Å². The van der Waals surface area contributed by atoms with Crippen LogP contribution >= 0.6 is 11.8 Å². The molecular formula is C19H30N3O5S+. The molecule has 28 heavy (non-hydrogen) atoms. The monoisotopic (exact) mass is 412 g/mol. The molecule has 0 aromatic carbocycles. The van der Waals surface area contributed by atoms with Crippen molar-refractivity contribution in [1.29, 1.82) is 0 Å². The minimum Gasteiger partial charge on any atom is -0.477 e. The first-order chi connectivity index (χ1) is 12.9. The summed E-state index contributed by atoms with van der Waals surface area (Å²) >= 11 is 1.49. The number of likely N-dealkylation sites (tertiary alicyclic amines) is 1. The summed E-state index contributed by atoms with van der Waals surface area (Å²) in [6.45, 7) is 4.25. The number of carboxylic acid groups (broad SMARTS) is 1.